The molecule has 5 nitrogen and oxygen atoms in total. The molecule has 0 aromatic carbocycles. The highest BCUT2D eigenvalue weighted by atomic mass is 16.7. The zero-order valence-corrected chi connectivity index (χ0v) is 11.6. The van der Waals surface area contributed by atoms with Crippen molar-refractivity contribution in [2.24, 2.45) is 0 Å². The Morgan fingerprint density at radius 3 is 2.37 bits per heavy atom. The molecule has 0 atom stereocenters. The Balaban J connectivity index is 2.37. The molecule has 100 valence electrons. The van der Waals surface area contributed by atoms with Gasteiger partial charge < -0.3 is 14.4 Å². The molecule has 1 N–H and O–H groups in total. The topological polar surface area (TPSA) is 75.4 Å². The molecule has 2 rings (SSSR count). The molecule has 0 aliphatic carbocycles. The molecule has 6 heteroatoms. The van der Waals surface area contributed by atoms with E-state index in [0.717, 1.165) is 0 Å². The van der Waals surface area contributed by atoms with Crippen molar-refractivity contribution >= 4 is 12.7 Å². The second kappa shape index (κ2) is 4.60. The number of pyridine rings is 1. The van der Waals surface area contributed by atoms with Crippen molar-refractivity contribution < 1.29 is 14.4 Å². The molecule has 1 aliphatic rings. The van der Waals surface area contributed by atoms with Gasteiger partial charge in [0.2, 0.25) is 0 Å². The van der Waals surface area contributed by atoms with Crippen LogP contribution >= 0.6 is 0 Å². The first kappa shape index (κ1) is 14.0. The highest BCUT2D eigenvalue weighted by molar-refractivity contribution is 6.61. The van der Waals surface area contributed by atoms with Crippen LogP contribution in [0.15, 0.2) is 12.3 Å². The van der Waals surface area contributed by atoms with Crippen molar-refractivity contribution in [3.05, 3.63) is 23.4 Å². The molecule has 0 unspecified atom stereocenters. The van der Waals surface area contributed by atoms with Gasteiger partial charge in [-0.1, -0.05) is 0 Å². The van der Waals surface area contributed by atoms with E-state index in [9.17, 15) is 5.11 Å². The Morgan fingerprint density at radius 2 is 1.89 bits per heavy atom. The molecule has 0 radical (unpaired) electrons. The molecule has 0 amide bonds. The van der Waals surface area contributed by atoms with Gasteiger partial charge in [0.1, 0.15) is 6.07 Å². The van der Waals surface area contributed by atoms with E-state index in [0.29, 0.717) is 16.7 Å². The molecule has 0 bridgehead atoms. The third-order valence-corrected chi connectivity index (χ3v) is 3.78. The lowest BCUT2D eigenvalue weighted by molar-refractivity contribution is 0.00578. The normalized spacial score (nSPS) is 20.3. The fourth-order valence-electron chi connectivity index (χ4n) is 1.88. The Kier molecular flexibility index (Phi) is 3.39. The Hall–Kier alpha value is -1.42. The number of nitriles is 1. The first-order chi connectivity index (χ1) is 8.80. The molecular formula is C13H17BN2O3. The second-order valence-electron chi connectivity index (χ2n) is 5.63. The van der Waals surface area contributed by atoms with Crippen LogP contribution in [-0.4, -0.2) is 28.4 Å². The number of aliphatic hydroxyl groups excluding tert-OH is 1. The minimum Gasteiger partial charge on any atom is -0.398 e. The fourth-order valence-corrected chi connectivity index (χ4v) is 1.88. The molecule has 1 aromatic rings. The molecule has 0 saturated carbocycles. The lowest BCUT2D eigenvalue weighted by Gasteiger charge is -2.32. The lowest BCUT2D eigenvalue weighted by Crippen LogP contribution is -2.41. The predicted octanol–water partition coefficient (Wildman–Crippen LogP) is 0.745. The highest BCUT2D eigenvalue weighted by Crippen LogP contribution is 2.36. The average Bonchev–Trinajstić information content (AvgIpc) is 2.57. The molecular weight excluding hydrogens is 243 g/mol. The van der Waals surface area contributed by atoms with Crippen LogP contribution in [0.25, 0.3) is 0 Å². The zero-order valence-electron chi connectivity index (χ0n) is 11.6. The van der Waals surface area contributed by atoms with Crippen molar-refractivity contribution in [1.29, 1.82) is 5.26 Å². The van der Waals surface area contributed by atoms with E-state index in [1.807, 2.05) is 33.8 Å². The van der Waals surface area contributed by atoms with E-state index >= 15 is 0 Å². The summed E-state index contributed by atoms with van der Waals surface area (Å²) in [5.74, 6) is 0. The van der Waals surface area contributed by atoms with Crippen LogP contribution < -0.4 is 5.59 Å². The quantitative estimate of drug-likeness (QED) is 0.794. The minimum atomic E-state index is -0.625. The smallest absolute Gasteiger partial charge is 0.398 e. The summed E-state index contributed by atoms with van der Waals surface area (Å²) >= 11 is 0. The van der Waals surface area contributed by atoms with Gasteiger partial charge in [0.15, 0.2) is 0 Å². The van der Waals surface area contributed by atoms with E-state index in [1.54, 1.807) is 6.07 Å². The first-order valence-electron chi connectivity index (χ1n) is 6.16. The summed E-state index contributed by atoms with van der Waals surface area (Å²) < 4.78 is 11.8. The highest BCUT2D eigenvalue weighted by Gasteiger charge is 2.52. The number of nitrogens with zero attached hydrogens (tertiary/aromatic N) is 2. The summed E-state index contributed by atoms with van der Waals surface area (Å²) in [4.78, 5) is 4.20. The van der Waals surface area contributed by atoms with Crippen LogP contribution in [0.5, 0.6) is 0 Å². The van der Waals surface area contributed by atoms with Gasteiger partial charge in [0.05, 0.1) is 29.0 Å². The van der Waals surface area contributed by atoms with Gasteiger partial charge in [-0.05, 0) is 39.3 Å². The van der Waals surface area contributed by atoms with Crippen LogP contribution in [0, 0.1) is 11.3 Å². The second-order valence-corrected chi connectivity index (χ2v) is 5.63. The summed E-state index contributed by atoms with van der Waals surface area (Å²) in [6.45, 7) is 7.61. The van der Waals surface area contributed by atoms with Crippen molar-refractivity contribution in [2.45, 2.75) is 45.5 Å². The van der Waals surface area contributed by atoms with E-state index in [2.05, 4.69) is 4.98 Å². The van der Waals surface area contributed by atoms with Crippen LogP contribution in [0.1, 0.15) is 38.8 Å². The van der Waals surface area contributed by atoms with Gasteiger partial charge in [0, 0.05) is 6.20 Å². The fraction of sp³-hybridized carbons (Fsp3) is 0.538. The van der Waals surface area contributed by atoms with Crippen LogP contribution in [0.3, 0.4) is 0 Å². The van der Waals surface area contributed by atoms with Gasteiger partial charge >= 0.3 is 7.12 Å². The third kappa shape index (κ3) is 2.37. The number of rotatable bonds is 2. The minimum absolute atomic E-state index is 0.206. The van der Waals surface area contributed by atoms with Crippen LogP contribution in [-0.2, 0) is 15.9 Å². The Bertz CT molecular complexity index is 521. The van der Waals surface area contributed by atoms with E-state index < -0.39 is 18.3 Å². The van der Waals surface area contributed by atoms with Gasteiger partial charge in [-0.25, -0.2) is 0 Å². The predicted molar refractivity (Wildman–Crippen MR) is 70.6 cm³/mol. The molecule has 1 fully saturated rings. The third-order valence-electron chi connectivity index (χ3n) is 3.78. The number of aliphatic hydroxyl groups is 1. The van der Waals surface area contributed by atoms with Gasteiger partial charge in [-0.15, -0.1) is 0 Å². The summed E-state index contributed by atoms with van der Waals surface area (Å²) in [6, 6.07) is 3.60. The lowest BCUT2D eigenvalue weighted by atomic mass is 9.80. The standard InChI is InChI=1S/C13H17BN2O3/c1-12(2)13(3,4)19-14(18-12)11-10(8-17)5-9(6-15)7-16-11/h5,7,17H,8H2,1-4H3. The molecule has 1 aromatic heterocycles. The largest absolute Gasteiger partial charge is 0.514 e. The average molecular weight is 260 g/mol. The Labute approximate surface area is 113 Å². The van der Waals surface area contributed by atoms with E-state index in [-0.39, 0.29) is 6.61 Å². The summed E-state index contributed by atoms with van der Waals surface area (Å²) in [5, 5.41) is 18.2. The van der Waals surface area contributed by atoms with E-state index in [1.165, 1.54) is 6.20 Å². The van der Waals surface area contributed by atoms with Crippen LogP contribution in [0.4, 0.5) is 0 Å². The van der Waals surface area contributed by atoms with E-state index in [4.69, 9.17) is 14.6 Å². The zero-order chi connectivity index (χ0) is 14.3. The Morgan fingerprint density at radius 1 is 1.32 bits per heavy atom. The van der Waals surface area contributed by atoms with Crippen molar-refractivity contribution in [3.63, 3.8) is 0 Å². The molecule has 19 heavy (non-hydrogen) atoms. The monoisotopic (exact) mass is 260 g/mol. The molecule has 1 aliphatic heterocycles. The molecule has 0 spiro atoms. The van der Waals surface area contributed by atoms with Gasteiger partial charge in [0.25, 0.3) is 0 Å². The van der Waals surface area contributed by atoms with Crippen molar-refractivity contribution in [2.75, 3.05) is 0 Å². The number of hydrogen-bond donors (Lipinski definition) is 1. The molecule has 1 saturated heterocycles. The van der Waals surface area contributed by atoms with Crippen molar-refractivity contribution in [3.8, 4) is 6.07 Å². The maximum atomic E-state index is 9.40. The molecule has 2 heterocycles. The van der Waals surface area contributed by atoms with Gasteiger partial charge in [-0.3, -0.25) is 4.98 Å². The summed E-state index contributed by atoms with van der Waals surface area (Å²) in [7, 11) is -0.625. The SMILES string of the molecule is CC1(C)OB(c2ncc(C#N)cc2CO)OC1(C)C. The maximum Gasteiger partial charge on any atom is 0.514 e. The van der Waals surface area contributed by atoms with Gasteiger partial charge in [-0.2, -0.15) is 5.26 Å². The number of aromatic nitrogens is 1. The summed E-state index contributed by atoms with van der Waals surface area (Å²) in [6.07, 6.45) is 1.46. The first-order valence-corrected chi connectivity index (χ1v) is 6.16. The number of hydrogen-bond acceptors (Lipinski definition) is 5. The van der Waals surface area contributed by atoms with Crippen molar-refractivity contribution in [1.82, 2.24) is 4.98 Å². The summed E-state index contributed by atoms with van der Waals surface area (Å²) in [5.41, 5.74) is 0.571. The van der Waals surface area contributed by atoms with Crippen LogP contribution in [0.2, 0.25) is 0 Å². The maximum absolute atomic E-state index is 9.40.